The first-order valence-corrected chi connectivity index (χ1v) is 4.80. The van der Waals surface area contributed by atoms with Crippen molar-refractivity contribution in [2.24, 2.45) is 0 Å². The van der Waals surface area contributed by atoms with Crippen LogP contribution in [0.15, 0.2) is 41.8 Å². The summed E-state index contributed by atoms with van der Waals surface area (Å²) < 4.78 is 0. The molecule has 1 aromatic carbocycles. The summed E-state index contributed by atoms with van der Waals surface area (Å²) in [5.74, 6) is 0. The van der Waals surface area contributed by atoms with E-state index in [0.29, 0.717) is 0 Å². The van der Waals surface area contributed by atoms with Crippen LogP contribution in [0, 0.1) is 6.07 Å². The lowest BCUT2D eigenvalue weighted by Crippen LogP contribution is -1.81. The molecule has 0 spiro atoms. The largest absolute Gasteiger partial charge is 1.00 e. The molecule has 0 saturated heterocycles. The Hall–Kier alpha value is -1.08. The normalized spacial score (nSPS) is 10.0. The van der Waals surface area contributed by atoms with E-state index in [-0.39, 0.29) is 1.43 Å². The molecule has 0 aliphatic rings. The van der Waals surface area contributed by atoms with Crippen LogP contribution in [0.1, 0.15) is 11.9 Å². The SMILES string of the molecule is [H+].[c]1ccc(Cc2cccs2)cc1. The average Bonchev–Trinajstić information content (AvgIpc) is 2.59. The Morgan fingerprint density at radius 1 is 1.25 bits per heavy atom. The van der Waals surface area contributed by atoms with Crippen molar-refractivity contribution in [3.63, 3.8) is 0 Å². The summed E-state index contributed by atoms with van der Waals surface area (Å²) in [5, 5.41) is 2.12. The number of hydrogen-bond donors (Lipinski definition) is 0. The molecule has 0 aliphatic carbocycles. The molecular weight excluding hydrogens is 164 g/mol. The Labute approximate surface area is 78.0 Å². The van der Waals surface area contributed by atoms with Gasteiger partial charge in [-0.1, -0.05) is 30.3 Å². The quantitative estimate of drug-likeness (QED) is 0.655. The Kier molecular flexibility index (Phi) is 2.23. The van der Waals surface area contributed by atoms with Gasteiger partial charge in [-0.3, -0.25) is 0 Å². The lowest BCUT2D eigenvalue weighted by molar-refractivity contribution is 1.24. The molecule has 2 rings (SSSR count). The van der Waals surface area contributed by atoms with E-state index in [0.717, 1.165) is 6.42 Å². The van der Waals surface area contributed by atoms with Crippen LogP contribution in [0.5, 0.6) is 0 Å². The summed E-state index contributed by atoms with van der Waals surface area (Å²) in [6.45, 7) is 0. The maximum atomic E-state index is 3.02. The average molecular weight is 174 g/mol. The van der Waals surface area contributed by atoms with Gasteiger partial charge in [-0.25, -0.2) is 0 Å². The minimum atomic E-state index is 0. The van der Waals surface area contributed by atoms with Gasteiger partial charge < -0.3 is 0 Å². The fourth-order valence-corrected chi connectivity index (χ4v) is 1.89. The Balaban J connectivity index is 0.000000845. The van der Waals surface area contributed by atoms with Gasteiger partial charge in [-0.2, -0.15) is 0 Å². The maximum Gasteiger partial charge on any atom is 1.00 e. The van der Waals surface area contributed by atoms with Crippen LogP contribution in [0.25, 0.3) is 0 Å². The summed E-state index contributed by atoms with van der Waals surface area (Å²) in [6, 6.07) is 15.4. The van der Waals surface area contributed by atoms with Crippen LogP contribution >= 0.6 is 11.3 Å². The molecule has 0 bridgehead atoms. The minimum Gasteiger partial charge on any atom is -0.149 e. The van der Waals surface area contributed by atoms with Crippen LogP contribution in [0.2, 0.25) is 0 Å². The predicted molar refractivity (Wildman–Crippen MR) is 53.5 cm³/mol. The molecule has 0 atom stereocenters. The highest BCUT2D eigenvalue weighted by Gasteiger charge is 1.94. The molecule has 2 aromatic rings. The summed E-state index contributed by atoms with van der Waals surface area (Å²) in [5.41, 5.74) is 1.36. The van der Waals surface area contributed by atoms with E-state index in [1.807, 2.05) is 23.5 Å². The first-order valence-electron chi connectivity index (χ1n) is 3.92. The van der Waals surface area contributed by atoms with Gasteiger partial charge in [0.05, 0.1) is 0 Å². The van der Waals surface area contributed by atoms with E-state index in [2.05, 4.69) is 35.7 Å². The molecule has 1 heteroatoms. The number of benzene rings is 1. The van der Waals surface area contributed by atoms with Crippen LogP contribution < -0.4 is 0 Å². The van der Waals surface area contributed by atoms with Gasteiger partial charge in [-0.05, 0) is 23.1 Å². The van der Waals surface area contributed by atoms with Crippen LogP contribution in [0.4, 0.5) is 0 Å². The van der Waals surface area contributed by atoms with Crippen molar-refractivity contribution < 1.29 is 1.43 Å². The second-order valence-electron chi connectivity index (χ2n) is 2.66. The molecule has 1 aromatic heterocycles. The van der Waals surface area contributed by atoms with Crippen molar-refractivity contribution in [2.45, 2.75) is 6.42 Å². The Morgan fingerprint density at radius 3 is 2.75 bits per heavy atom. The van der Waals surface area contributed by atoms with Gasteiger partial charge in [0.15, 0.2) is 0 Å². The van der Waals surface area contributed by atoms with Crippen molar-refractivity contribution >= 4 is 11.3 Å². The topological polar surface area (TPSA) is 0 Å². The molecule has 0 fully saturated rings. The third-order valence-electron chi connectivity index (χ3n) is 1.75. The van der Waals surface area contributed by atoms with Gasteiger partial charge in [0.2, 0.25) is 0 Å². The Morgan fingerprint density at radius 2 is 2.08 bits per heavy atom. The van der Waals surface area contributed by atoms with Crippen LogP contribution in [-0.4, -0.2) is 0 Å². The van der Waals surface area contributed by atoms with E-state index >= 15 is 0 Å². The van der Waals surface area contributed by atoms with Crippen LogP contribution in [0.3, 0.4) is 0 Å². The lowest BCUT2D eigenvalue weighted by atomic mass is 10.1. The first-order chi connectivity index (χ1) is 5.95. The molecule has 0 N–H and O–H groups in total. The smallest absolute Gasteiger partial charge is 0.149 e. The van der Waals surface area contributed by atoms with Gasteiger partial charge >= 0.3 is 1.43 Å². The van der Waals surface area contributed by atoms with Crippen molar-refractivity contribution in [1.82, 2.24) is 0 Å². The first kappa shape index (κ1) is 7.56. The molecule has 0 saturated carbocycles. The highest BCUT2D eigenvalue weighted by molar-refractivity contribution is 7.09. The summed E-state index contributed by atoms with van der Waals surface area (Å²) in [7, 11) is 0. The minimum absolute atomic E-state index is 0. The van der Waals surface area contributed by atoms with E-state index in [4.69, 9.17) is 0 Å². The van der Waals surface area contributed by atoms with Crippen molar-refractivity contribution in [2.75, 3.05) is 0 Å². The molecule has 12 heavy (non-hydrogen) atoms. The van der Waals surface area contributed by atoms with E-state index < -0.39 is 0 Å². The third kappa shape index (κ3) is 1.74. The summed E-state index contributed by atoms with van der Waals surface area (Å²) in [4.78, 5) is 1.42. The highest BCUT2D eigenvalue weighted by atomic mass is 32.1. The van der Waals surface area contributed by atoms with Gasteiger partial charge in [0.25, 0.3) is 0 Å². The molecule has 0 aliphatic heterocycles. The lowest BCUT2D eigenvalue weighted by Gasteiger charge is -1.95. The van der Waals surface area contributed by atoms with Gasteiger partial charge in [-0.15, -0.1) is 11.3 Å². The zero-order chi connectivity index (χ0) is 8.23. The predicted octanol–water partition coefficient (Wildman–Crippen LogP) is 3.25. The molecular formula is C11H10S+. The third-order valence-corrected chi connectivity index (χ3v) is 2.62. The monoisotopic (exact) mass is 174 g/mol. The van der Waals surface area contributed by atoms with Gasteiger partial charge in [0.1, 0.15) is 0 Å². The standard InChI is InChI=1S/C11H9S/c1-2-5-10(6-3-1)9-11-7-4-8-12-11/h2-8H,9H2/p+1. The van der Waals surface area contributed by atoms with Crippen molar-refractivity contribution in [1.29, 1.82) is 0 Å². The molecule has 1 heterocycles. The van der Waals surface area contributed by atoms with E-state index in [1.165, 1.54) is 10.4 Å². The van der Waals surface area contributed by atoms with Crippen molar-refractivity contribution in [3.8, 4) is 0 Å². The zero-order valence-corrected chi connectivity index (χ0v) is 7.47. The molecule has 0 nitrogen and oxygen atoms in total. The number of thiophene rings is 1. The molecule has 1 radical (unpaired) electrons. The summed E-state index contributed by atoms with van der Waals surface area (Å²) in [6.07, 6.45) is 1.05. The maximum absolute atomic E-state index is 3.02. The van der Waals surface area contributed by atoms with E-state index in [9.17, 15) is 0 Å². The second kappa shape index (κ2) is 3.55. The molecule has 0 amide bonds. The van der Waals surface area contributed by atoms with Crippen molar-refractivity contribution in [3.05, 3.63) is 58.3 Å². The Bertz CT molecular complexity index is 326. The van der Waals surface area contributed by atoms with Gasteiger partial charge in [0, 0.05) is 11.3 Å². The molecule has 0 unspecified atom stereocenters. The number of rotatable bonds is 2. The van der Waals surface area contributed by atoms with Crippen LogP contribution in [-0.2, 0) is 6.42 Å². The number of hydrogen-bond acceptors (Lipinski definition) is 1. The summed E-state index contributed by atoms with van der Waals surface area (Å²) >= 11 is 1.81. The fourth-order valence-electron chi connectivity index (χ4n) is 1.15. The second-order valence-corrected chi connectivity index (χ2v) is 3.70. The fraction of sp³-hybridized carbons (Fsp3) is 0.0909. The highest BCUT2D eigenvalue weighted by Crippen LogP contribution is 2.13. The zero-order valence-electron chi connectivity index (χ0n) is 7.66. The van der Waals surface area contributed by atoms with E-state index in [1.54, 1.807) is 0 Å². The molecule has 59 valence electrons.